The largest absolute Gasteiger partial charge is 0.326 e. The number of hydrogen-bond acceptors (Lipinski definition) is 3. The Morgan fingerprint density at radius 2 is 1.84 bits per heavy atom. The molecule has 1 heterocycles. The van der Waals surface area contributed by atoms with E-state index in [2.05, 4.69) is 20.8 Å². The normalized spacial score (nSPS) is 21.3. The molecule has 0 bridgehead atoms. The van der Waals surface area contributed by atoms with Gasteiger partial charge in [0.25, 0.3) is 0 Å². The van der Waals surface area contributed by atoms with Gasteiger partial charge in [-0.2, -0.15) is 0 Å². The minimum absolute atomic E-state index is 0.0699. The third-order valence-corrected chi connectivity index (χ3v) is 4.90. The highest BCUT2D eigenvalue weighted by molar-refractivity contribution is 6.65. The molecule has 1 aromatic rings. The lowest BCUT2D eigenvalue weighted by Gasteiger charge is -2.33. The van der Waals surface area contributed by atoms with E-state index in [9.17, 15) is 4.79 Å². The van der Waals surface area contributed by atoms with Gasteiger partial charge in [-0.05, 0) is 58.7 Å². The van der Waals surface area contributed by atoms with Crippen LogP contribution in [-0.4, -0.2) is 23.5 Å². The fraction of sp³-hybridized carbons (Fsp3) is 0.500. The van der Waals surface area contributed by atoms with Crippen LogP contribution in [0.25, 0.3) is 5.57 Å². The fourth-order valence-corrected chi connectivity index (χ4v) is 3.73. The van der Waals surface area contributed by atoms with Crippen LogP contribution in [0.2, 0.25) is 5.02 Å². The number of nitrogens with zero attached hydrogens (tertiary/aromatic N) is 1. The Morgan fingerprint density at radius 3 is 2.28 bits per heavy atom. The highest BCUT2D eigenvalue weighted by Gasteiger charge is 2.37. The van der Waals surface area contributed by atoms with Crippen LogP contribution >= 0.6 is 23.2 Å². The Kier molecular flexibility index (Phi) is 6.47. The number of hydrogen-bond donors (Lipinski definition) is 1. The van der Waals surface area contributed by atoms with E-state index >= 15 is 0 Å². The maximum absolute atomic E-state index is 12.3. The van der Waals surface area contributed by atoms with Gasteiger partial charge in [0.05, 0.1) is 12.0 Å². The summed E-state index contributed by atoms with van der Waals surface area (Å²) in [5.41, 5.74) is 9.93. The van der Waals surface area contributed by atoms with Gasteiger partial charge >= 0.3 is 0 Å². The second-order valence-electron chi connectivity index (χ2n) is 7.67. The van der Waals surface area contributed by atoms with Crippen molar-refractivity contribution in [1.82, 2.24) is 0 Å². The van der Waals surface area contributed by atoms with Crippen LogP contribution in [0.4, 0.5) is 0 Å². The zero-order chi connectivity index (χ0) is 18.8. The molecule has 25 heavy (non-hydrogen) atoms. The Bertz CT molecular complexity index is 699. The molecule has 2 unspecified atom stereocenters. The second kappa shape index (κ2) is 8.03. The van der Waals surface area contributed by atoms with Crippen LogP contribution in [0.15, 0.2) is 34.8 Å². The monoisotopic (exact) mass is 380 g/mol. The van der Waals surface area contributed by atoms with Gasteiger partial charge in [-0.15, -0.1) is 0 Å². The summed E-state index contributed by atoms with van der Waals surface area (Å²) in [6.45, 7) is 8.87. The highest BCUT2D eigenvalue weighted by atomic mass is 35.5. The summed E-state index contributed by atoms with van der Waals surface area (Å²) >= 11 is 12.0. The Balaban J connectivity index is 2.67. The molecule has 0 aromatic heterocycles. The minimum Gasteiger partial charge on any atom is -0.326 e. The average Bonchev–Trinajstić information content (AvgIpc) is 2.52. The number of carbonyl (C=O) groups is 1. The first-order valence-electron chi connectivity index (χ1n) is 8.63. The van der Waals surface area contributed by atoms with E-state index in [0.29, 0.717) is 11.6 Å². The fourth-order valence-electron chi connectivity index (χ4n) is 3.35. The third-order valence-electron chi connectivity index (χ3n) is 4.41. The lowest BCUT2D eigenvalue weighted by atomic mass is 9.76. The van der Waals surface area contributed by atoms with Crippen molar-refractivity contribution in [3.8, 4) is 0 Å². The molecule has 5 heteroatoms. The predicted octanol–water partition coefficient (Wildman–Crippen LogP) is 5.10. The van der Waals surface area contributed by atoms with E-state index in [0.717, 1.165) is 35.3 Å². The molecular weight excluding hydrogens is 355 g/mol. The van der Waals surface area contributed by atoms with Crippen LogP contribution < -0.4 is 5.73 Å². The molecule has 0 amide bonds. The van der Waals surface area contributed by atoms with E-state index in [4.69, 9.17) is 33.9 Å². The maximum atomic E-state index is 12.3. The first kappa shape index (κ1) is 20.2. The van der Waals surface area contributed by atoms with Gasteiger partial charge in [-0.25, -0.2) is 0 Å². The van der Waals surface area contributed by atoms with E-state index in [1.807, 2.05) is 31.2 Å². The van der Waals surface area contributed by atoms with Gasteiger partial charge in [-0.3, -0.25) is 9.79 Å². The van der Waals surface area contributed by atoms with Gasteiger partial charge in [0, 0.05) is 17.3 Å². The van der Waals surface area contributed by atoms with Crippen molar-refractivity contribution < 1.29 is 4.79 Å². The van der Waals surface area contributed by atoms with Crippen molar-refractivity contribution in [1.29, 1.82) is 0 Å². The first-order chi connectivity index (χ1) is 11.7. The number of benzene rings is 1. The Labute approximate surface area is 160 Å². The van der Waals surface area contributed by atoms with E-state index in [-0.39, 0.29) is 16.7 Å². The van der Waals surface area contributed by atoms with Crippen LogP contribution in [0.3, 0.4) is 0 Å². The summed E-state index contributed by atoms with van der Waals surface area (Å²) < 4.78 is 0. The second-order valence-corrected chi connectivity index (χ2v) is 8.48. The predicted molar refractivity (Wildman–Crippen MR) is 107 cm³/mol. The summed E-state index contributed by atoms with van der Waals surface area (Å²) in [6.07, 6.45) is 1.54. The van der Waals surface area contributed by atoms with Gasteiger partial charge < -0.3 is 5.73 Å². The molecule has 3 nitrogen and oxygen atoms in total. The van der Waals surface area contributed by atoms with Gasteiger partial charge in [0.2, 0.25) is 5.24 Å². The SMILES string of the molecule is CCC1N=C(CC(C)(C)C)C(CN)=C(c2ccc(Cl)cc2)C1C(=O)Cl. The van der Waals surface area contributed by atoms with Crippen LogP contribution in [-0.2, 0) is 4.79 Å². The molecule has 2 atom stereocenters. The molecule has 0 saturated heterocycles. The molecule has 0 spiro atoms. The summed E-state index contributed by atoms with van der Waals surface area (Å²) in [6, 6.07) is 7.33. The van der Waals surface area contributed by atoms with Crippen molar-refractivity contribution >= 4 is 39.7 Å². The number of rotatable bonds is 5. The molecule has 1 aliphatic rings. The molecule has 0 aliphatic carbocycles. The van der Waals surface area contributed by atoms with E-state index in [1.54, 1.807) is 0 Å². The molecule has 0 radical (unpaired) electrons. The van der Waals surface area contributed by atoms with E-state index in [1.165, 1.54) is 0 Å². The summed E-state index contributed by atoms with van der Waals surface area (Å²) in [5, 5.41) is 0.264. The zero-order valence-corrected chi connectivity index (χ0v) is 16.8. The molecule has 2 N–H and O–H groups in total. The zero-order valence-electron chi connectivity index (χ0n) is 15.3. The molecule has 2 rings (SSSR count). The van der Waals surface area contributed by atoms with Crippen molar-refractivity contribution in [3.63, 3.8) is 0 Å². The van der Waals surface area contributed by atoms with Crippen LogP contribution in [0, 0.1) is 11.3 Å². The van der Waals surface area contributed by atoms with E-state index < -0.39 is 5.92 Å². The molecule has 136 valence electrons. The lowest BCUT2D eigenvalue weighted by Crippen LogP contribution is -2.35. The highest BCUT2D eigenvalue weighted by Crippen LogP contribution is 2.39. The molecule has 0 fully saturated rings. The summed E-state index contributed by atoms with van der Waals surface area (Å²) in [7, 11) is 0. The standard InChI is InChI=1S/C20H26Cl2N2O/c1-5-15-18(19(22)25)17(12-6-8-13(21)9-7-12)14(11-23)16(24-15)10-20(2,3)4/h6-9,15,18H,5,10-11,23H2,1-4H3. The summed E-state index contributed by atoms with van der Waals surface area (Å²) in [5.74, 6) is -0.477. The quantitative estimate of drug-likeness (QED) is 0.721. The average molecular weight is 381 g/mol. The van der Waals surface area contributed by atoms with Gasteiger partial charge in [0.1, 0.15) is 0 Å². The number of aliphatic imine (C=N–C) groups is 1. The van der Waals surface area contributed by atoms with Crippen molar-refractivity contribution in [2.24, 2.45) is 22.1 Å². The summed E-state index contributed by atoms with van der Waals surface area (Å²) in [4.78, 5) is 17.1. The topological polar surface area (TPSA) is 55.4 Å². The first-order valence-corrected chi connectivity index (χ1v) is 9.39. The molecule has 1 aliphatic heterocycles. The van der Waals surface area contributed by atoms with Gasteiger partial charge in [0.15, 0.2) is 0 Å². The Hall–Kier alpha value is -1.16. The maximum Gasteiger partial charge on any atom is 0.231 e. The van der Waals surface area contributed by atoms with Gasteiger partial charge in [-0.1, -0.05) is 51.4 Å². The minimum atomic E-state index is -0.477. The number of dihydropyridines is 1. The van der Waals surface area contributed by atoms with Crippen molar-refractivity contribution in [2.75, 3.05) is 6.54 Å². The molecule has 0 saturated carbocycles. The third kappa shape index (κ3) is 4.72. The number of halogens is 2. The van der Waals surface area contributed by atoms with Crippen LogP contribution in [0.1, 0.15) is 46.1 Å². The Morgan fingerprint density at radius 1 is 1.24 bits per heavy atom. The van der Waals surface area contributed by atoms with Crippen molar-refractivity contribution in [2.45, 2.75) is 46.6 Å². The molecular formula is C20H26Cl2N2O. The molecule has 1 aromatic carbocycles. The van der Waals surface area contributed by atoms with Crippen molar-refractivity contribution in [3.05, 3.63) is 40.4 Å². The smallest absolute Gasteiger partial charge is 0.231 e. The number of carbonyl (C=O) groups excluding carboxylic acids is 1. The van der Waals surface area contributed by atoms with Crippen LogP contribution in [0.5, 0.6) is 0 Å². The number of nitrogens with two attached hydrogens (primary N) is 1. The lowest BCUT2D eigenvalue weighted by molar-refractivity contribution is -0.114.